The largest absolute Gasteiger partial charge is 0.396 e. The van der Waals surface area contributed by atoms with Crippen molar-refractivity contribution in [1.82, 2.24) is 10.6 Å². The van der Waals surface area contributed by atoms with Crippen LogP contribution >= 0.6 is 0 Å². The highest BCUT2D eigenvalue weighted by atomic mass is 16.3. The summed E-state index contributed by atoms with van der Waals surface area (Å²) in [5.41, 5.74) is 1.17. The van der Waals surface area contributed by atoms with Crippen LogP contribution in [0, 0.1) is 11.8 Å². The maximum Gasteiger partial charge on any atom is 0.315 e. The Kier molecular flexibility index (Phi) is 6.13. The van der Waals surface area contributed by atoms with Crippen molar-refractivity contribution >= 4 is 6.03 Å². The Morgan fingerprint density at radius 1 is 1.12 bits per heavy atom. The number of hydrogen-bond acceptors (Lipinski definition) is 2. The molecule has 4 nitrogen and oxygen atoms in total. The van der Waals surface area contributed by atoms with Crippen LogP contribution in [0.15, 0.2) is 30.3 Å². The molecule has 2 aliphatic rings. The number of urea groups is 1. The highest BCUT2D eigenvalue weighted by molar-refractivity contribution is 5.74. The molecule has 132 valence electrons. The van der Waals surface area contributed by atoms with Gasteiger partial charge in [0, 0.05) is 25.1 Å². The van der Waals surface area contributed by atoms with Crippen molar-refractivity contribution in [3.63, 3.8) is 0 Å². The lowest BCUT2D eigenvalue weighted by Crippen LogP contribution is -2.45. The smallest absolute Gasteiger partial charge is 0.315 e. The third-order valence-corrected chi connectivity index (χ3v) is 5.60. The fourth-order valence-corrected chi connectivity index (χ4v) is 4.07. The molecule has 4 heteroatoms. The van der Waals surface area contributed by atoms with Gasteiger partial charge in [-0.1, -0.05) is 43.2 Å². The molecule has 3 rings (SSSR count). The molecule has 3 unspecified atom stereocenters. The Balaban J connectivity index is 1.45. The second kappa shape index (κ2) is 8.52. The van der Waals surface area contributed by atoms with Crippen LogP contribution in [0.4, 0.5) is 4.79 Å². The van der Waals surface area contributed by atoms with E-state index in [-0.39, 0.29) is 18.6 Å². The molecule has 0 bridgehead atoms. The summed E-state index contributed by atoms with van der Waals surface area (Å²) in [4.78, 5) is 12.3. The van der Waals surface area contributed by atoms with Crippen molar-refractivity contribution in [2.75, 3.05) is 13.2 Å². The topological polar surface area (TPSA) is 61.4 Å². The molecule has 24 heavy (non-hydrogen) atoms. The maximum absolute atomic E-state index is 12.3. The molecule has 0 aromatic heterocycles. The summed E-state index contributed by atoms with van der Waals surface area (Å²) in [7, 11) is 0. The summed E-state index contributed by atoms with van der Waals surface area (Å²) < 4.78 is 0. The summed E-state index contributed by atoms with van der Waals surface area (Å²) in [5, 5.41) is 15.5. The average molecular weight is 330 g/mol. The van der Waals surface area contributed by atoms with E-state index in [9.17, 15) is 9.90 Å². The molecular weight excluding hydrogens is 300 g/mol. The van der Waals surface area contributed by atoms with Crippen LogP contribution in [-0.4, -0.2) is 30.3 Å². The van der Waals surface area contributed by atoms with E-state index in [0.29, 0.717) is 19.0 Å². The molecule has 2 amide bonds. The van der Waals surface area contributed by atoms with Gasteiger partial charge in [-0.05, 0) is 49.5 Å². The first kappa shape index (κ1) is 17.3. The maximum atomic E-state index is 12.3. The molecule has 3 N–H and O–H groups in total. The number of nitrogens with one attached hydrogen (secondary N) is 2. The zero-order valence-electron chi connectivity index (χ0n) is 14.4. The quantitative estimate of drug-likeness (QED) is 0.717. The Hall–Kier alpha value is -1.55. The second-order valence-electron chi connectivity index (χ2n) is 7.44. The van der Waals surface area contributed by atoms with E-state index >= 15 is 0 Å². The Bertz CT molecular complexity index is 516. The first-order valence-corrected chi connectivity index (χ1v) is 9.46. The summed E-state index contributed by atoms with van der Waals surface area (Å²) in [6, 6.07) is 10.4. The summed E-state index contributed by atoms with van der Waals surface area (Å²) >= 11 is 0. The van der Waals surface area contributed by atoms with Crippen LogP contribution in [0.5, 0.6) is 0 Å². The van der Waals surface area contributed by atoms with Gasteiger partial charge >= 0.3 is 6.03 Å². The molecule has 0 aliphatic heterocycles. The second-order valence-corrected chi connectivity index (χ2v) is 7.44. The standard InChI is InChI=1S/C20H30N2O2/c23-12-11-18(15-5-2-1-3-6-15)14-21-20(24)22-19-8-4-7-17(13-19)16-9-10-16/h1-3,5-6,16-19,23H,4,7-14H2,(H2,21,22,24). The first-order valence-electron chi connectivity index (χ1n) is 9.46. The van der Waals surface area contributed by atoms with E-state index in [1.807, 2.05) is 18.2 Å². The Labute approximate surface area is 145 Å². The van der Waals surface area contributed by atoms with Gasteiger partial charge in [0.1, 0.15) is 0 Å². The molecule has 2 aliphatic carbocycles. The van der Waals surface area contributed by atoms with Crippen molar-refractivity contribution in [1.29, 1.82) is 0 Å². The lowest BCUT2D eigenvalue weighted by atomic mass is 9.83. The first-order chi connectivity index (χ1) is 11.8. The molecule has 3 atom stereocenters. The van der Waals surface area contributed by atoms with E-state index in [4.69, 9.17) is 0 Å². The molecule has 0 heterocycles. The van der Waals surface area contributed by atoms with Crippen LogP contribution in [-0.2, 0) is 0 Å². The third-order valence-electron chi connectivity index (χ3n) is 5.60. The van der Waals surface area contributed by atoms with Gasteiger partial charge in [0.25, 0.3) is 0 Å². The number of carbonyl (C=O) groups excluding carboxylic acids is 1. The molecule has 1 aromatic carbocycles. The summed E-state index contributed by atoms with van der Waals surface area (Å²) in [6.45, 7) is 0.698. The van der Waals surface area contributed by atoms with Gasteiger partial charge in [0.05, 0.1) is 0 Å². The van der Waals surface area contributed by atoms with Crippen LogP contribution in [0.2, 0.25) is 0 Å². The highest BCUT2D eigenvalue weighted by Gasteiger charge is 2.35. The zero-order valence-corrected chi connectivity index (χ0v) is 14.4. The lowest BCUT2D eigenvalue weighted by Gasteiger charge is -2.30. The predicted octanol–water partition coefficient (Wildman–Crippen LogP) is 3.42. The van der Waals surface area contributed by atoms with E-state index in [0.717, 1.165) is 24.7 Å². The fourth-order valence-electron chi connectivity index (χ4n) is 4.07. The molecule has 1 aromatic rings. The SMILES string of the molecule is O=C(NCC(CCO)c1ccccc1)NC1CCCC(C2CC2)C1. The number of rotatable bonds is 7. The minimum absolute atomic E-state index is 0.0599. The van der Waals surface area contributed by atoms with E-state index in [1.165, 1.54) is 31.2 Å². The normalized spacial score (nSPS) is 25.0. The number of hydrogen-bond donors (Lipinski definition) is 3. The van der Waals surface area contributed by atoms with Gasteiger partial charge in [-0.25, -0.2) is 4.79 Å². The molecule has 0 saturated heterocycles. The van der Waals surface area contributed by atoms with Crippen molar-refractivity contribution in [2.24, 2.45) is 11.8 Å². The van der Waals surface area contributed by atoms with E-state index in [1.54, 1.807) is 0 Å². The summed E-state index contributed by atoms with van der Waals surface area (Å²) in [6.07, 6.45) is 8.29. The average Bonchev–Trinajstić information content (AvgIpc) is 3.45. The van der Waals surface area contributed by atoms with Gasteiger partial charge in [-0.15, -0.1) is 0 Å². The monoisotopic (exact) mass is 330 g/mol. The predicted molar refractivity (Wildman–Crippen MR) is 95.9 cm³/mol. The van der Waals surface area contributed by atoms with Gasteiger partial charge < -0.3 is 15.7 Å². The van der Waals surface area contributed by atoms with Crippen molar-refractivity contribution in [2.45, 2.75) is 56.9 Å². The van der Waals surface area contributed by atoms with Crippen molar-refractivity contribution < 1.29 is 9.90 Å². The number of amides is 2. The van der Waals surface area contributed by atoms with Crippen molar-refractivity contribution in [3.8, 4) is 0 Å². The minimum Gasteiger partial charge on any atom is -0.396 e. The number of aliphatic hydroxyl groups is 1. The Morgan fingerprint density at radius 3 is 2.62 bits per heavy atom. The molecular formula is C20H30N2O2. The zero-order chi connectivity index (χ0) is 16.8. The lowest BCUT2D eigenvalue weighted by molar-refractivity contribution is 0.219. The highest BCUT2D eigenvalue weighted by Crippen LogP contribution is 2.43. The van der Waals surface area contributed by atoms with Crippen LogP contribution in [0.25, 0.3) is 0 Å². The molecule has 0 spiro atoms. The molecule has 2 fully saturated rings. The van der Waals surface area contributed by atoms with Crippen LogP contribution < -0.4 is 10.6 Å². The van der Waals surface area contributed by atoms with E-state index in [2.05, 4.69) is 22.8 Å². The number of benzene rings is 1. The summed E-state index contributed by atoms with van der Waals surface area (Å²) in [5.74, 6) is 1.92. The van der Waals surface area contributed by atoms with Crippen LogP contribution in [0.3, 0.4) is 0 Å². The minimum atomic E-state index is -0.0599. The van der Waals surface area contributed by atoms with Gasteiger partial charge in [0.2, 0.25) is 0 Å². The van der Waals surface area contributed by atoms with Gasteiger partial charge in [0.15, 0.2) is 0 Å². The molecule has 2 saturated carbocycles. The van der Waals surface area contributed by atoms with E-state index < -0.39 is 0 Å². The van der Waals surface area contributed by atoms with Gasteiger partial charge in [-0.3, -0.25) is 0 Å². The third kappa shape index (κ3) is 4.97. The number of aliphatic hydroxyl groups excluding tert-OH is 1. The van der Waals surface area contributed by atoms with Gasteiger partial charge in [-0.2, -0.15) is 0 Å². The Morgan fingerprint density at radius 2 is 1.92 bits per heavy atom. The fraction of sp³-hybridized carbons (Fsp3) is 0.650. The number of carbonyl (C=O) groups is 1. The van der Waals surface area contributed by atoms with Crippen molar-refractivity contribution in [3.05, 3.63) is 35.9 Å². The molecule has 0 radical (unpaired) electrons. The van der Waals surface area contributed by atoms with Crippen LogP contribution in [0.1, 0.15) is 56.4 Å².